The molecule has 0 bridgehead atoms. The molecule has 0 spiro atoms. The highest BCUT2D eigenvalue weighted by Crippen LogP contribution is 2.39. The van der Waals surface area contributed by atoms with Crippen LogP contribution in [0.2, 0.25) is 0 Å². The van der Waals surface area contributed by atoms with Crippen molar-refractivity contribution in [2.24, 2.45) is 0 Å². The fourth-order valence-corrected chi connectivity index (χ4v) is 3.24. The highest BCUT2D eigenvalue weighted by Gasteiger charge is 2.32. The Labute approximate surface area is 101 Å². The molecule has 1 aromatic rings. The molecule has 0 radical (unpaired) electrons. The molecule has 0 saturated heterocycles. The first kappa shape index (κ1) is 11.9. The Hall–Kier alpha value is -0.610. The fourth-order valence-electron chi connectivity index (χ4n) is 2.30. The largest absolute Gasteiger partial charge is 0.308 e. The van der Waals surface area contributed by atoms with Crippen molar-refractivity contribution in [3.63, 3.8) is 0 Å². The second-order valence-electron chi connectivity index (χ2n) is 4.36. The van der Waals surface area contributed by atoms with Gasteiger partial charge in [0, 0.05) is 23.7 Å². The second-order valence-corrected chi connectivity index (χ2v) is 5.64. The van der Waals surface area contributed by atoms with Crippen LogP contribution in [-0.4, -0.2) is 27.5 Å². The van der Waals surface area contributed by atoms with E-state index in [2.05, 4.69) is 21.5 Å². The van der Waals surface area contributed by atoms with E-state index >= 15 is 0 Å². The molecule has 1 aromatic heterocycles. The molecule has 1 aliphatic carbocycles. The molecule has 1 heterocycles. The van der Waals surface area contributed by atoms with Gasteiger partial charge in [-0.2, -0.15) is 11.8 Å². The molecule has 1 saturated carbocycles. The second kappa shape index (κ2) is 5.64. The van der Waals surface area contributed by atoms with Gasteiger partial charge in [-0.15, -0.1) is 0 Å². The lowest BCUT2D eigenvalue weighted by Crippen LogP contribution is -2.35. The third-order valence-corrected chi connectivity index (χ3v) is 4.72. The van der Waals surface area contributed by atoms with Crippen LogP contribution in [0.15, 0.2) is 18.5 Å². The minimum Gasteiger partial charge on any atom is -0.308 e. The smallest absolute Gasteiger partial charge is 0.141 e. The minimum atomic E-state index is 0.467. The van der Waals surface area contributed by atoms with Gasteiger partial charge in [-0.1, -0.05) is 12.8 Å². The first-order chi connectivity index (χ1) is 7.85. The molecule has 1 aliphatic rings. The van der Waals surface area contributed by atoms with Crippen LogP contribution in [-0.2, 0) is 6.54 Å². The van der Waals surface area contributed by atoms with Gasteiger partial charge in [0.25, 0.3) is 0 Å². The predicted octanol–water partition coefficient (Wildman–Crippen LogP) is 2.24. The summed E-state index contributed by atoms with van der Waals surface area (Å²) in [6.07, 6.45) is 11.3. The Morgan fingerprint density at radius 2 is 2.00 bits per heavy atom. The molecule has 1 N–H and O–H groups in total. The van der Waals surface area contributed by atoms with Crippen molar-refractivity contribution in [3.05, 3.63) is 24.3 Å². The minimum absolute atomic E-state index is 0.467. The molecular weight excluding hydrogens is 218 g/mol. The van der Waals surface area contributed by atoms with Crippen molar-refractivity contribution >= 4 is 11.8 Å². The number of nitrogens with one attached hydrogen (secondary N) is 1. The Morgan fingerprint density at radius 1 is 1.31 bits per heavy atom. The van der Waals surface area contributed by atoms with Gasteiger partial charge in [0.2, 0.25) is 0 Å². The van der Waals surface area contributed by atoms with E-state index in [4.69, 9.17) is 0 Å². The third kappa shape index (κ3) is 2.95. The summed E-state index contributed by atoms with van der Waals surface area (Å²) in [6, 6.07) is 1.85. The van der Waals surface area contributed by atoms with Crippen LogP contribution in [0.5, 0.6) is 0 Å². The van der Waals surface area contributed by atoms with E-state index in [1.807, 2.05) is 17.8 Å². The molecular formula is C12H19N3S. The summed E-state index contributed by atoms with van der Waals surface area (Å²) < 4.78 is 0.467. The molecule has 0 unspecified atom stereocenters. The molecule has 2 rings (SSSR count). The number of hydrogen-bond acceptors (Lipinski definition) is 4. The van der Waals surface area contributed by atoms with Crippen LogP contribution in [0.4, 0.5) is 0 Å². The topological polar surface area (TPSA) is 37.8 Å². The summed E-state index contributed by atoms with van der Waals surface area (Å²) in [7, 11) is 0. The summed E-state index contributed by atoms with van der Waals surface area (Å²) in [5.41, 5.74) is 0. The maximum Gasteiger partial charge on any atom is 0.141 e. The lowest BCUT2D eigenvalue weighted by Gasteiger charge is -2.26. The lowest BCUT2D eigenvalue weighted by molar-refractivity contribution is 0.526. The molecule has 0 aromatic carbocycles. The summed E-state index contributed by atoms with van der Waals surface area (Å²) >= 11 is 2.01. The Balaban J connectivity index is 1.79. The van der Waals surface area contributed by atoms with Crippen molar-refractivity contribution in [1.29, 1.82) is 0 Å². The molecule has 0 atom stereocenters. The Bertz CT molecular complexity index is 309. The molecule has 4 heteroatoms. The Kier molecular flexibility index (Phi) is 4.18. The van der Waals surface area contributed by atoms with Crippen LogP contribution in [0, 0.1) is 0 Å². The fraction of sp³-hybridized carbons (Fsp3) is 0.667. The number of aromatic nitrogens is 2. The summed E-state index contributed by atoms with van der Waals surface area (Å²) in [5.74, 6) is 0.886. The van der Waals surface area contributed by atoms with E-state index in [1.54, 1.807) is 12.4 Å². The molecule has 0 aliphatic heterocycles. The van der Waals surface area contributed by atoms with E-state index in [-0.39, 0.29) is 0 Å². The molecule has 88 valence electrons. The lowest BCUT2D eigenvalue weighted by atomic mass is 10.1. The van der Waals surface area contributed by atoms with Crippen molar-refractivity contribution in [1.82, 2.24) is 15.3 Å². The quantitative estimate of drug-likeness (QED) is 0.852. The summed E-state index contributed by atoms with van der Waals surface area (Å²) in [6.45, 7) is 1.86. The van der Waals surface area contributed by atoms with E-state index in [0.29, 0.717) is 4.75 Å². The van der Waals surface area contributed by atoms with E-state index < -0.39 is 0 Å². The SMILES string of the molecule is CSC1(CNCc2ncccn2)CCCC1. The number of nitrogens with zero attached hydrogens (tertiary/aromatic N) is 2. The van der Waals surface area contributed by atoms with Crippen LogP contribution in [0.1, 0.15) is 31.5 Å². The van der Waals surface area contributed by atoms with Gasteiger partial charge in [0.05, 0.1) is 6.54 Å². The standard InChI is InChI=1S/C12H19N3S/c1-16-12(5-2-3-6-12)10-13-9-11-14-7-4-8-15-11/h4,7-8,13H,2-3,5-6,9-10H2,1H3. The number of thioether (sulfide) groups is 1. The third-order valence-electron chi connectivity index (χ3n) is 3.30. The zero-order valence-corrected chi connectivity index (χ0v) is 10.6. The Morgan fingerprint density at radius 3 is 2.62 bits per heavy atom. The number of rotatable bonds is 5. The maximum absolute atomic E-state index is 4.21. The molecule has 16 heavy (non-hydrogen) atoms. The first-order valence-corrected chi connectivity index (χ1v) is 7.09. The highest BCUT2D eigenvalue weighted by atomic mass is 32.2. The first-order valence-electron chi connectivity index (χ1n) is 5.86. The van der Waals surface area contributed by atoms with Gasteiger partial charge in [0.1, 0.15) is 5.82 Å². The molecule has 3 nitrogen and oxygen atoms in total. The zero-order chi connectivity index (χ0) is 11.3. The van der Waals surface area contributed by atoms with Crippen LogP contribution < -0.4 is 5.32 Å². The van der Waals surface area contributed by atoms with E-state index in [9.17, 15) is 0 Å². The predicted molar refractivity (Wildman–Crippen MR) is 68.5 cm³/mol. The highest BCUT2D eigenvalue weighted by molar-refractivity contribution is 8.00. The van der Waals surface area contributed by atoms with Gasteiger partial charge in [-0.25, -0.2) is 9.97 Å². The van der Waals surface area contributed by atoms with Gasteiger partial charge in [-0.05, 0) is 25.2 Å². The monoisotopic (exact) mass is 237 g/mol. The van der Waals surface area contributed by atoms with Gasteiger partial charge in [-0.3, -0.25) is 0 Å². The van der Waals surface area contributed by atoms with Crippen molar-refractivity contribution in [2.45, 2.75) is 37.0 Å². The average molecular weight is 237 g/mol. The van der Waals surface area contributed by atoms with Gasteiger partial charge in [0.15, 0.2) is 0 Å². The average Bonchev–Trinajstić information content (AvgIpc) is 2.80. The number of hydrogen-bond donors (Lipinski definition) is 1. The molecule has 0 amide bonds. The van der Waals surface area contributed by atoms with Gasteiger partial charge >= 0.3 is 0 Å². The van der Waals surface area contributed by atoms with E-state index in [0.717, 1.165) is 18.9 Å². The van der Waals surface area contributed by atoms with Crippen LogP contribution >= 0.6 is 11.8 Å². The van der Waals surface area contributed by atoms with Crippen molar-refractivity contribution in [2.75, 3.05) is 12.8 Å². The van der Waals surface area contributed by atoms with E-state index in [1.165, 1.54) is 25.7 Å². The maximum atomic E-state index is 4.21. The normalized spacial score (nSPS) is 18.8. The van der Waals surface area contributed by atoms with Gasteiger partial charge < -0.3 is 5.32 Å². The summed E-state index contributed by atoms with van der Waals surface area (Å²) in [4.78, 5) is 8.42. The zero-order valence-electron chi connectivity index (χ0n) is 9.78. The summed E-state index contributed by atoms with van der Waals surface area (Å²) in [5, 5.41) is 3.49. The molecule has 1 fully saturated rings. The van der Waals surface area contributed by atoms with Crippen LogP contribution in [0.25, 0.3) is 0 Å². The van der Waals surface area contributed by atoms with Crippen molar-refractivity contribution in [3.8, 4) is 0 Å². The van der Waals surface area contributed by atoms with Crippen molar-refractivity contribution < 1.29 is 0 Å². The van der Waals surface area contributed by atoms with Crippen LogP contribution in [0.3, 0.4) is 0 Å².